The second-order valence-electron chi connectivity index (χ2n) is 7.55. The van der Waals surface area contributed by atoms with Gasteiger partial charge in [-0.05, 0) is 24.7 Å². The van der Waals surface area contributed by atoms with Gasteiger partial charge in [-0.25, -0.2) is 9.97 Å². The van der Waals surface area contributed by atoms with Crippen molar-refractivity contribution in [3.8, 4) is 11.1 Å². The molecule has 0 radical (unpaired) electrons. The van der Waals surface area contributed by atoms with Crippen LogP contribution in [0.2, 0.25) is 0 Å². The zero-order chi connectivity index (χ0) is 22.0. The van der Waals surface area contributed by atoms with Crippen LogP contribution < -0.4 is 5.32 Å². The Kier molecular flexibility index (Phi) is 5.84. The van der Waals surface area contributed by atoms with Crippen molar-refractivity contribution < 1.29 is 18.0 Å². The predicted molar refractivity (Wildman–Crippen MR) is 110 cm³/mol. The van der Waals surface area contributed by atoms with Gasteiger partial charge in [0.05, 0.1) is 17.6 Å². The molecular formula is C21H21F3N6O. The van der Waals surface area contributed by atoms with E-state index in [1.54, 1.807) is 24.4 Å². The third-order valence-electron chi connectivity index (χ3n) is 5.20. The van der Waals surface area contributed by atoms with Gasteiger partial charge in [-0.15, -0.1) is 0 Å². The fourth-order valence-corrected chi connectivity index (χ4v) is 3.39. The Labute approximate surface area is 176 Å². The zero-order valence-electron chi connectivity index (χ0n) is 16.9. The van der Waals surface area contributed by atoms with E-state index in [4.69, 9.17) is 0 Å². The van der Waals surface area contributed by atoms with Crippen LogP contribution >= 0.6 is 0 Å². The van der Waals surface area contributed by atoms with Crippen molar-refractivity contribution in [2.75, 3.05) is 45.1 Å². The topological polar surface area (TPSA) is 74.2 Å². The summed E-state index contributed by atoms with van der Waals surface area (Å²) in [5.74, 6) is -0.0481. The highest BCUT2D eigenvalue weighted by Gasteiger charge is 2.31. The molecule has 3 aromatic rings. The summed E-state index contributed by atoms with van der Waals surface area (Å²) >= 11 is 0. The number of piperazine rings is 1. The summed E-state index contributed by atoms with van der Waals surface area (Å²) in [5.41, 5.74) is 0.569. The van der Waals surface area contributed by atoms with Crippen molar-refractivity contribution in [2.45, 2.75) is 6.18 Å². The van der Waals surface area contributed by atoms with Gasteiger partial charge in [0.1, 0.15) is 0 Å². The van der Waals surface area contributed by atoms with Crippen LogP contribution in [0.4, 0.5) is 19.1 Å². The van der Waals surface area contributed by atoms with E-state index < -0.39 is 11.7 Å². The lowest BCUT2D eigenvalue weighted by Crippen LogP contribution is -2.47. The molecule has 1 N–H and O–H groups in total. The van der Waals surface area contributed by atoms with Crippen molar-refractivity contribution in [1.82, 2.24) is 24.8 Å². The van der Waals surface area contributed by atoms with Crippen molar-refractivity contribution in [3.05, 3.63) is 48.4 Å². The number of nitrogens with zero attached hydrogens (tertiary/aromatic N) is 5. The van der Waals surface area contributed by atoms with Crippen LogP contribution in [-0.2, 0) is 11.0 Å². The largest absolute Gasteiger partial charge is 0.417 e. The highest BCUT2D eigenvalue weighted by molar-refractivity contribution is 5.92. The fraction of sp³-hybridized carbons (Fsp3) is 0.333. The highest BCUT2D eigenvalue weighted by Crippen LogP contribution is 2.32. The molecule has 0 unspecified atom stereocenters. The minimum Gasteiger partial charge on any atom is -0.304 e. The molecule has 0 saturated carbocycles. The molecule has 7 nitrogen and oxygen atoms in total. The third-order valence-corrected chi connectivity index (χ3v) is 5.20. The number of benzene rings is 1. The lowest BCUT2D eigenvalue weighted by molar-refractivity contribution is -0.137. The lowest BCUT2D eigenvalue weighted by Gasteiger charge is -2.31. The Morgan fingerprint density at radius 2 is 1.84 bits per heavy atom. The number of nitrogens with one attached hydrogen (secondary N) is 1. The molecule has 10 heteroatoms. The Balaban J connectivity index is 1.52. The van der Waals surface area contributed by atoms with E-state index in [1.165, 1.54) is 6.20 Å². The van der Waals surface area contributed by atoms with Gasteiger partial charge >= 0.3 is 6.18 Å². The van der Waals surface area contributed by atoms with Crippen molar-refractivity contribution in [2.24, 2.45) is 0 Å². The summed E-state index contributed by atoms with van der Waals surface area (Å²) in [6.07, 6.45) is -0.734. The van der Waals surface area contributed by atoms with E-state index in [2.05, 4.69) is 30.1 Å². The second-order valence-corrected chi connectivity index (χ2v) is 7.55. The summed E-state index contributed by atoms with van der Waals surface area (Å²) in [6, 6.07) is 6.12. The van der Waals surface area contributed by atoms with E-state index in [0.717, 1.165) is 38.4 Å². The SMILES string of the molecule is CN1CCN(CC(=O)Nc2ncc3ccc(-c4cncc(C(F)(F)F)c4)cc3n2)CC1. The van der Waals surface area contributed by atoms with Gasteiger partial charge < -0.3 is 4.90 Å². The molecule has 1 saturated heterocycles. The summed E-state index contributed by atoms with van der Waals surface area (Å²) < 4.78 is 39.0. The number of anilines is 1. The van der Waals surface area contributed by atoms with Crippen molar-refractivity contribution in [1.29, 1.82) is 0 Å². The van der Waals surface area contributed by atoms with E-state index in [-0.39, 0.29) is 18.4 Å². The van der Waals surface area contributed by atoms with Crippen molar-refractivity contribution >= 4 is 22.8 Å². The zero-order valence-corrected chi connectivity index (χ0v) is 16.9. The Morgan fingerprint density at radius 1 is 1.06 bits per heavy atom. The second kappa shape index (κ2) is 8.56. The Hall–Kier alpha value is -3.11. The van der Waals surface area contributed by atoms with E-state index in [9.17, 15) is 18.0 Å². The Bertz CT molecular complexity index is 1100. The number of aromatic nitrogens is 3. The first-order valence-electron chi connectivity index (χ1n) is 9.78. The van der Waals surface area contributed by atoms with Crippen LogP contribution in [-0.4, -0.2) is 70.4 Å². The monoisotopic (exact) mass is 430 g/mol. The number of rotatable bonds is 4. The molecule has 162 valence electrons. The number of amides is 1. The summed E-state index contributed by atoms with van der Waals surface area (Å²) in [6.45, 7) is 3.71. The van der Waals surface area contributed by atoms with Crippen molar-refractivity contribution in [3.63, 3.8) is 0 Å². The van der Waals surface area contributed by atoms with E-state index in [0.29, 0.717) is 22.0 Å². The molecule has 0 bridgehead atoms. The third kappa shape index (κ3) is 5.15. The summed E-state index contributed by atoms with van der Waals surface area (Å²) in [5, 5.41) is 3.41. The number of carbonyl (C=O) groups excluding carboxylic acids is 1. The Morgan fingerprint density at radius 3 is 2.58 bits per heavy atom. The van der Waals surface area contributed by atoms with Crippen LogP contribution in [0.1, 0.15) is 5.56 Å². The molecule has 31 heavy (non-hydrogen) atoms. The summed E-state index contributed by atoms with van der Waals surface area (Å²) in [7, 11) is 2.05. The van der Waals surface area contributed by atoms with Crippen LogP contribution in [0.5, 0.6) is 0 Å². The number of likely N-dealkylation sites (N-methyl/N-ethyl adjacent to an activating group) is 1. The summed E-state index contributed by atoms with van der Waals surface area (Å²) in [4.78, 5) is 28.9. The number of hydrogen-bond acceptors (Lipinski definition) is 6. The average Bonchev–Trinajstić information content (AvgIpc) is 2.74. The van der Waals surface area contributed by atoms with E-state index >= 15 is 0 Å². The molecule has 3 heterocycles. The minimum atomic E-state index is -4.47. The maximum absolute atomic E-state index is 13.0. The standard InChI is InChI=1S/C21H21F3N6O/c1-29-4-6-30(7-5-29)13-19(31)28-20-26-11-15-3-2-14(9-18(15)27-20)16-8-17(12-25-10-16)21(22,23)24/h2-3,8-12H,4-7,13H2,1H3,(H,26,27,28,31). The molecule has 0 spiro atoms. The number of pyridine rings is 1. The molecule has 0 atom stereocenters. The van der Waals surface area contributed by atoms with Gasteiger partial charge in [-0.3, -0.25) is 20.0 Å². The lowest BCUT2D eigenvalue weighted by atomic mass is 10.0. The number of halogens is 3. The number of hydrogen-bond donors (Lipinski definition) is 1. The maximum Gasteiger partial charge on any atom is 0.417 e. The van der Waals surface area contributed by atoms with Gasteiger partial charge in [0.2, 0.25) is 11.9 Å². The first-order chi connectivity index (χ1) is 14.8. The quantitative estimate of drug-likeness (QED) is 0.686. The average molecular weight is 430 g/mol. The number of carbonyl (C=O) groups is 1. The predicted octanol–water partition coefficient (Wildman–Crippen LogP) is 2.90. The minimum absolute atomic E-state index is 0.158. The molecular weight excluding hydrogens is 409 g/mol. The van der Waals surface area contributed by atoms with Gasteiger partial charge in [0.15, 0.2) is 0 Å². The van der Waals surface area contributed by atoms with Crippen LogP contribution in [0.3, 0.4) is 0 Å². The number of fused-ring (bicyclic) bond motifs is 1. The molecule has 0 aliphatic carbocycles. The maximum atomic E-state index is 13.0. The normalized spacial score (nSPS) is 15.9. The molecule has 1 aromatic carbocycles. The molecule has 4 rings (SSSR count). The molecule has 1 aliphatic rings. The first-order valence-corrected chi connectivity index (χ1v) is 9.78. The fourth-order valence-electron chi connectivity index (χ4n) is 3.39. The smallest absolute Gasteiger partial charge is 0.304 e. The number of alkyl halides is 3. The highest BCUT2D eigenvalue weighted by atomic mass is 19.4. The van der Waals surface area contributed by atoms with Gasteiger partial charge in [-0.2, -0.15) is 13.2 Å². The first kappa shape index (κ1) is 21.1. The van der Waals surface area contributed by atoms with E-state index in [1.807, 2.05) is 7.05 Å². The molecule has 1 fully saturated rings. The van der Waals surface area contributed by atoms with Gasteiger partial charge in [0, 0.05) is 55.7 Å². The molecule has 2 aromatic heterocycles. The van der Waals surface area contributed by atoms with Crippen LogP contribution in [0, 0.1) is 0 Å². The molecule has 1 aliphatic heterocycles. The van der Waals surface area contributed by atoms with Crippen LogP contribution in [0.15, 0.2) is 42.9 Å². The molecule has 1 amide bonds. The van der Waals surface area contributed by atoms with Gasteiger partial charge in [-0.1, -0.05) is 12.1 Å². The van der Waals surface area contributed by atoms with Crippen LogP contribution in [0.25, 0.3) is 22.0 Å². The van der Waals surface area contributed by atoms with Gasteiger partial charge in [0.25, 0.3) is 0 Å².